The summed E-state index contributed by atoms with van der Waals surface area (Å²) in [4.78, 5) is 21.5. The number of benzene rings is 1. The zero-order valence-corrected chi connectivity index (χ0v) is 16.2. The van der Waals surface area contributed by atoms with Gasteiger partial charge in [-0.3, -0.25) is 4.79 Å². The van der Waals surface area contributed by atoms with Gasteiger partial charge in [0.05, 0.1) is 21.0 Å². The fourth-order valence-corrected chi connectivity index (χ4v) is 4.18. The smallest absolute Gasteiger partial charge is 0.239 e. The molecular formula is C19H18N4OS2. The third kappa shape index (κ3) is 4.21. The van der Waals surface area contributed by atoms with Crippen molar-refractivity contribution >= 4 is 44.4 Å². The molecule has 7 heteroatoms. The Balaban J connectivity index is 1.72. The van der Waals surface area contributed by atoms with E-state index in [0.29, 0.717) is 15.7 Å². The van der Waals surface area contributed by atoms with Gasteiger partial charge in [0.25, 0.3) is 0 Å². The van der Waals surface area contributed by atoms with Crippen LogP contribution < -0.4 is 5.32 Å². The number of carbonyl (C=O) groups excluding carboxylic acids is 1. The van der Waals surface area contributed by atoms with Gasteiger partial charge in [-0.05, 0) is 37.6 Å². The van der Waals surface area contributed by atoms with E-state index in [-0.39, 0.29) is 5.91 Å². The summed E-state index contributed by atoms with van der Waals surface area (Å²) in [6.45, 7) is 3.89. The van der Waals surface area contributed by atoms with E-state index >= 15 is 0 Å². The van der Waals surface area contributed by atoms with Crippen LogP contribution in [0.5, 0.6) is 0 Å². The van der Waals surface area contributed by atoms with Gasteiger partial charge in [-0.2, -0.15) is 5.26 Å². The van der Waals surface area contributed by atoms with Gasteiger partial charge in [0.1, 0.15) is 11.1 Å². The number of hydrogen-bond donors (Lipinski definition) is 1. The van der Waals surface area contributed by atoms with Gasteiger partial charge < -0.3 is 5.32 Å². The lowest BCUT2D eigenvalue weighted by molar-refractivity contribution is -0.115. The molecule has 1 atom stereocenters. The first kappa shape index (κ1) is 18.4. The van der Waals surface area contributed by atoms with Crippen molar-refractivity contribution in [2.24, 2.45) is 0 Å². The van der Waals surface area contributed by atoms with Gasteiger partial charge >= 0.3 is 0 Å². The molecule has 1 aromatic carbocycles. The van der Waals surface area contributed by atoms with E-state index in [1.54, 1.807) is 6.07 Å². The van der Waals surface area contributed by atoms with Crippen LogP contribution in [0, 0.1) is 11.3 Å². The first-order valence-corrected chi connectivity index (χ1v) is 10.0. The lowest BCUT2D eigenvalue weighted by atomic mass is 10.2. The summed E-state index contributed by atoms with van der Waals surface area (Å²) in [5.74, 6) is -0.152. The average molecular weight is 383 g/mol. The molecule has 0 radical (unpaired) electrons. The second-order valence-electron chi connectivity index (χ2n) is 5.75. The van der Waals surface area contributed by atoms with Crippen molar-refractivity contribution in [2.75, 3.05) is 5.32 Å². The molecule has 0 saturated carbocycles. The number of rotatable bonds is 6. The standard InChI is InChI=1S/C19H18N4OS2/c1-3-6-14-10-9-13(11-20)18(21-14)25-12(2)17(24)23-19-22-15-7-4-5-8-16(15)26-19/h4-5,7-10,12H,3,6H2,1-2H3,(H,22,23,24). The van der Waals surface area contributed by atoms with E-state index in [0.717, 1.165) is 28.8 Å². The molecule has 132 valence electrons. The predicted molar refractivity (Wildman–Crippen MR) is 107 cm³/mol. The number of hydrogen-bond acceptors (Lipinski definition) is 6. The number of pyridine rings is 1. The molecule has 3 rings (SSSR count). The number of nitrogens with zero attached hydrogens (tertiary/aromatic N) is 3. The molecule has 0 aliphatic rings. The summed E-state index contributed by atoms with van der Waals surface area (Å²) in [7, 11) is 0. The Bertz CT molecular complexity index is 944. The van der Waals surface area contributed by atoms with Crippen molar-refractivity contribution < 1.29 is 4.79 Å². The first-order valence-electron chi connectivity index (χ1n) is 8.33. The Hall–Kier alpha value is -2.43. The highest BCUT2D eigenvalue weighted by molar-refractivity contribution is 8.00. The lowest BCUT2D eigenvalue weighted by Gasteiger charge is -2.11. The minimum absolute atomic E-state index is 0.152. The molecule has 0 aliphatic carbocycles. The van der Waals surface area contributed by atoms with Crippen LogP contribution in [0.25, 0.3) is 10.2 Å². The Kier molecular flexibility index (Phi) is 5.86. The highest BCUT2D eigenvalue weighted by atomic mass is 32.2. The lowest BCUT2D eigenvalue weighted by Crippen LogP contribution is -2.22. The molecule has 26 heavy (non-hydrogen) atoms. The van der Waals surface area contributed by atoms with Crippen molar-refractivity contribution in [2.45, 2.75) is 37.0 Å². The summed E-state index contributed by atoms with van der Waals surface area (Å²) < 4.78 is 1.03. The molecule has 0 aliphatic heterocycles. The van der Waals surface area contributed by atoms with Crippen LogP contribution in [0.3, 0.4) is 0 Å². The van der Waals surface area contributed by atoms with Crippen molar-refractivity contribution in [3.63, 3.8) is 0 Å². The molecule has 0 saturated heterocycles. The number of aromatic nitrogens is 2. The molecule has 1 amide bonds. The molecule has 3 aromatic rings. The van der Waals surface area contributed by atoms with Gasteiger partial charge in [-0.1, -0.05) is 48.6 Å². The van der Waals surface area contributed by atoms with Gasteiger partial charge in [0.2, 0.25) is 5.91 Å². The van der Waals surface area contributed by atoms with Gasteiger partial charge in [-0.15, -0.1) is 0 Å². The largest absolute Gasteiger partial charge is 0.301 e. The molecule has 0 bridgehead atoms. The van der Waals surface area contributed by atoms with Crippen LogP contribution >= 0.6 is 23.1 Å². The molecule has 1 N–H and O–H groups in total. The molecule has 0 fully saturated rings. The third-order valence-electron chi connectivity index (χ3n) is 3.73. The van der Waals surface area contributed by atoms with E-state index in [9.17, 15) is 10.1 Å². The van der Waals surface area contributed by atoms with Crippen LogP contribution in [0.2, 0.25) is 0 Å². The van der Waals surface area contributed by atoms with E-state index in [1.165, 1.54) is 23.1 Å². The number of anilines is 1. The Morgan fingerprint density at radius 1 is 1.31 bits per heavy atom. The van der Waals surface area contributed by atoms with Gasteiger partial charge in [-0.25, -0.2) is 9.97 Å². The number of thioether (sulfide) groups is 1. The topological polar surface area (TPSA) is 78.7 Å². The van der Waals surface area contributed by atoms with Crippen LogP contribution in [-0.4, -0.2) is 21.1 Å². The monoisotopic (exact) mass is 382 g/mol. The van der Waals surface area contributed by atoms with Crippen LogP contribution in [0.4, 0.5) is 5.13 Å². The van der Waals surface area contributed by atoms with Crippen LogP contribution in [-0.2, 0) is 11.2 Å². The number of amides is 1. The maximum atomic E-state index is 12.5. The second-order valence-corrected chi connectivity index (χ2v) is 8.11. The summed E-state index contributed by atoms with van der Waals surface area (Å²) in [6.07, 6.45) is 1.84. The number of thiazole rings is 1. The quantitative estimate of drug-likeness (QED) is 0.629. The molecular weight excluding hydrogens is 364 g/mol. The third-order valence-corrected chi connectivity index (χ3v) is 5.78. The number of fused-ring (bicyclic) bond motifs is 1. The SMILES string of the molecule is CCCc1ccc(C#N)c(SC(C)C(=O)Nc2nc3ccccc3s2)n1. The Labute approximate surface area is 160 Å². The highest BCUT2D eigenvalue weighted by Gasteiger charge is 2.19. The molecule has 0 spiro atoms. The number of aryl methyl sites for hydroxylation is 1. The number of carbonyl (C=O) groups is 1. The number of nitriles is 1. The molecule has 5 nitrogen and oxygen atoms in total. The molecule has 1 unspecified atom stereocenters. The minimum Gasteiger partial charge on any atom is -0.301 e. The second kappa shape index (κ2) is 8.30. The van der Waals surface area contributed by atoms with Gasteiger partial charge in [0.15, 0.2) is 5.13 Å². The Morgan fingerprint density at radius 3 is 2.85 bits per heavy atom. The van der Waals surface area contributed by atoms with Crippen molar-refractivity contribution in [3.8, 4) is 6.07 Å². The van der Waals surface area contributed by atoms with E-state index in [1.807, 2.05) is 37.3 Å². The molecule has 2 heterocycles. The predicted octanol–water partition coefficient (Wildman–Crippen LogP) is 4.63. The fourth-order valence-electron chi connectivity index (χ4n) is 2.40. The van der Waals surface area contributed by atoms with Gasteiger partial charge in [0, 0.05) is 5.69 Å². The van der Waals surface area contributed by atoms with E-state index < -0.39 is 5.25 Å². The zero-order chi connectivity index (χ0) is 18.5. The molecule has 2 aromatic heterocycles. The highest BCUT2D eigenvalue weighted by Crippen LogP contribution is 2.29. The number of para-hydroxylation sites is 1. The van der Waals surface area contributed by atoms with E-state index in [4.69, 9.17) is 0 Å². The fraction of sp³-hybridized carbons (Fsp3) is 0.263. The summed E-state index contributed by atoms with van der Waals surface area (Å²) in [5.41, 5.74) is 2.30. The van der Waals surface area contributed by atoms with Crippen molar-refractivity contribution in [1.29, 1.82) is 5.26 Å². The van der Waals surface area contributed by atoms with E-state index in [2.05, 4.69) is 28.3 Å². The zero-order valence-electron chi connectivity index (χ0n) is 14.5. The number of nitrogens with one attached hydrogen (secondary N) is 1. The summed E-state index contributed by atoms with van der Waals surface area (Å²) in [5, 5.41) is 13.0. The van der Waals surface area contributed by atoms with Crippen LogP contribution in [0.1, 0.15) is 31.5 Å². The summed E-state index contributed by atoms with van der Waals surface area (Å²) in [6, 6.07) is 13.6. The first-order chi connectivity index (χ1) is 12.6. The van der Waals surface area contributed by atoms with Crippen molar-refractivity contribution in [1.82, 2.24) is 9.97 Å². The van der Waals surface area contributed by atoms with Crippen LogP contribution in [0.15, 0.2) is 41.4 Å². The minimum atomic E-state index is -0.390. The maximum Gasteiger partial charge on any atom is 0.239 e. The maximum absolute atomic E-state index is 12.5. The normalized spacial score (nSPS) is 11.9. The summed E-state index contributed by atoms with van der Waals surface area (Å²) >= 11 is 2.75. The van der Waals surface area contributed by atoms with Crippen molar-refractivity contribution in [3.05, 3.63) is 47.7 Å². The Morgan fingerprint density at radius 2 is 2.12 bits per heavy atom. The average Bonchev–Trinajstić information content (AvgIpc) is 3.04.